The van der Waals surface area contributed by atoms with E-state index in [1.54, 1.807) is 19.1 Å². The Bertz CT molecular complexity index is 537. The smallest absolute Gasteiger partial charge is 0.241 e. The first-order chi connectivity index (χ1) is 9.04. The van der Waals surface area contributed by atoms with Gasteiger partial charge in [-0.3, -0.25) is 0 Å². The van der Waals surface area contributed by atoms with Crippen LogP contribution in [0.3, 0.4) is 0 Å². The molecule has 0 spiro atoms. The van der Waals surface area contributed by atoms with Gasteiger partial charge in [-0.05, 0) is 37.0 Å². The Hall–Kier alpha value is -0.950. The highest BCUT2D eigenvalue weighted by Crippen LogP contribution is 2.20. The van der Waals surface area contributed by atoms with Crippen molar-refractivity contribution in [3.05, 3.63) is 29.3 Å². The van der Waals surface area contributed by atoms with E-state index < -0.39 is 10.0 Å². The van der Waals surface area contributed by atoms with Gasteiger partial charge >= 0.3 is 0 Å². The monoisotopic (exact) mass is 284 g/mol. The van der Waals surface area contributed by atoms with E-state index in [4.69, 9.17) is 10.5 Å². The van der Waals surface area contributed by atoms with E-state index in [1.807, 2.05) is 6.07 Å². The van der Waals surface area contributed by atoms with E-state index in [0.717, 1.165) is 24.0 Å². The molecule has 1 aromatic rings. The number of ether oxygens (including phenoxy) is 1. The summed E-state index contributed by atoms with van der Waals surface area (Å²) in [5.74, 6) is 0. The number of nitrogens with one attached hydrogen (secondary N) is 1. The molecule has 6 heteroatoms. The highest BCUT2D eigenvalue weighted by Gasteiger charge is 2.23. The van der Waals surface area contributed by atoms with Crippen LogP contribution >= 0.6 is 0 Å². The molecule has 0 bridgehead atoms. The maximum Gasteiger partial charge on any atom is 0.241 e. The largest absolute Gasteiger partial charge is 0.381 e. The van der Waals surface area contributed by atoms with Crippen molar-refractivity contribution in [1.29, 1.82) is 0 Å². The molecule has 1 saturated heterocycles. The molecule has 1 aliphatic rings. The van der Waals surface area contributed by atoms with Gasteiger partial charge in [0.05, 0.1) is 4.90 Å². The summed E-state index contributed by atoms with van der Waals surface area (Å²) in [6.45, 7) is 3.34. The zero-order chi connectivity index (χ0) is 13.9. The molecular formula is C13H20N2O3S. The summed E-state index contributed by atoms with van der Waals surface area (Å²) in [7, 11) is -3.48. The Morgan fingerprint density at radius 2 is 2.05 bits per heavy atom. The average molecular weight is 284 g/mol. The summed E-state index contributed by atoms with van der Waals surface area (Å²) >= 11 is 0. The molecule has 1 heterocycles. The third-order valence-electron chi connectivity index (χ3n) is 3.45. The molecular weight excluding hydrogens is 264 g/mol. The van der Waals surface area contributed by atoms with Gasteiger partial charge in [0.2, 0.25) is 10.0 Å². The van der Waals surface area contributed by atoms with Crippen LogP contribution in [0.1, 0.15) is 24.0 Å². The molecule has 1 aliphatic heterocycles. The standard InChI is InChI=1S/C13H20N2O3S/c1-10-11(9-14)3-2-4-13(10)19(16,17)15-12-5-7-18-8-6-12/h2-4,12,15H,5-9,14H2,1H3. The lowest BCUT2D eigenvalue weighted by Crippen LogP contribution is -2.39. The molecule has 0 unspecified atom stereocenters. The fourth-order valence-electron chi connectivity index (χ4n) is 2.27. The van der Waals surface area contributed by atoms with E-state index >= 15 is 0 Å². The van der Waals surface area contributed by atoms with Crippen molar-refractivity contribution < 1.29 is 13.2 Å². The lowest BCUT2D eigenvalue weighted by atomic mass is 10.1. The molecule has 106 valence electrons. The summed E-state index contributed by atoms with van der Waals surface area (Å²) in [6.07, 6.45) is 1.43. The van der Waals surface area contributed by atoms with Crippen molar-refractivity contribution in [2.75, 3.05) is 13.2 Å². The minimum Gasteiger partial charge on any atom is -0.381 e. The van der Waals surface area contributed by atoms with Crippen LogP contribution in [-0.4, -0.2) is 27.7 Å². The number of hydrogen-bond acceptors (Lipinski definition) is 4. The molecule has 1 aromatic carbocycles. The van der Waals surface area contributed by atoms with Gasteiger partial charge in [-0.25, -0.2) is 13.1 Å². The zero-order valence-corrected chi connectivity index (χ0v) is 11.9. The second kappa shape index (κ2) is 6.00. The van der Waals surface area contributed by atoms with Crippen LogP contribution in [0.2, 0.25) is 0 Å². The van der Waals surface area contributed by atoms with Gasteiger partial charge in [-0.1, -0.05) is 12.1 Å². The van der Waals surface area contributed by atoms with E-state index in [2.05, 4.69) is 4.72 Å². The van der Waals surface area contributed by atoms with Gasteiger partial charge in [0.25, 0.3) is 0 Å². The van der Waals surface area contributed by atoms with Crippen molar-refractivity contribution in [3.8, 4) is 0 Å². The maximum atomic E-state index is 12.4. The first kappa shape index (κ1) is 14.5. The van der Waals surface area contributed by atoms with Crippen LogP contribution in [0.15, 0.2) is 23.1 Å². The van der Waals surface area contributed by atoms with Crippen LogP contribution in [-0.2, 0) is 21.3 Å². The number of hydrogen-bond donors (Lipinski definition) is 2. The minimum atomic E-state index is -3.48. The molecule has 0 saturated carbocycles. The molecule has 19 heavy (non-hydrogen) atoms. The van der Waals surface area contributed by atoms with Crippen LogP contribution in [0.4, 0.5) is 0 Å². The Kier molecular flexibility index (Phi) is 4.57. The van der Waals surface area contributed by atoms with Gasteiger partial charge in [0.15, 0.2) is 0 Å². The fourth-order valence-corrected chi connectivity index (χ4v) is 3.86. The van der Waals surface area contributed by atoms with Gasteiger partial charge in [-0.15, -0.1) is 0 Å². The molecule has 0 atom stereocenters. The van der Waals surface area contributed by atoms with Crippen LogP contribution < -0.4 is 10.5 Å². The fraction of sp³-hybridized carbons (Fsp3) is 0.538. The van der Waals surface area contributed by atoms with Crippen molar-refractivity contribution in [1.82, 2.24) is 4.72 Å². The highest BCUT2D eigenvalue weighted by atomic mass is 32.2. The first-order valence-corrected chi connectivity index (χ1v) is 7.91. The quantitative estimate of drug-likeness (QED) is 0.861. The van der Waals surface area contributed by atoms with Crippen LogP contribution in [0.25, 0.3) is 0 Å². The summed E-state index contributed by atoms with van der Waals surface area (Å²) in [5, 5.41) is 0. The van der Waals surface area contributed by atoms with E-state index in [9.17, 15) is 8.42 Å². The Balaban J connectivity index is 2.23. The van der Waals surface area contributed by atoms with Crippen molar-refractivity contribution in [2.45, 2.75) is 37.2 Å². The molecule has 3 N–H and O–H groups in total. The summed E-state index contributed by atoms with van der Waals surface area (Å²) in [5.41, 5.74) is 7.20. The Morgan fingerprint density at radius 3 is 2.68 bits per heavy atom. The average Bonchev–Trinajstić information content (AvgIpc) is 2.39. The second-order valence-electron chi connectivity index (χ2n) is 4.75. The highest BCUT2D eigenvalue weighted by molar-refractivity contribution is 7.89. The third-order valence-corrected chi connectivity index (χ3v) is 5.11. The van der Waals surface area contributed by atoms with Crippen molar-refractivity contribution >= 4 is 10.0 Å². The lowest BCUT2D eigenvalue weighted by Gasteiger charge is -2.23. The number of benzene rings is 1. The second-order valence-corrected chi connectivity index (χ2v) is 6.43. The normalized spacial score (nSPS) is 17.6. The molecule has 0 aromatic heterocycles. The predicted molar refractivity (Wildman–Crippen MR) is 73.2 cm³/mol. The maximum absolute atomic E-state index is 12.4. The molecule has 0 radical (unpaired) electrons. The number of sulfonamides is 1. The first-order valence-electron chi connectivity index (χ1n) is 6.43. The molecule has 5 nitrogen and oxygen atoms in total. The topological polar surface area (TPSA) is 81.4 Å². The van der Waals surface area contributed by atoms with Crippen LogP contribution in [0.5, 0.6) is 0 Å². The summed E-state index contributed by atoms with van der Waals surface area (Å²) < 4.78 is 32.8. The van der Waals surface area contributed by atoms with Gasteiger partial charge in [-0.2, -0.15) is 0 Å². The predicted octanol–water partition coefficient (Wildman–Crippen LogP) is 0.911. The molecule has 0 amide bonds. The Morgan fingerprint density at radius 1 is 1.37 bits per heavy atom. The summed E-state index contributed by atoms with van der Waals surface area (Å²) in [4.78, 5) is 0.321. The zero-order valence-electron chi connectivity index (χ0n) is 11.1. The van der Waals surface area contributed by atoms with Crippen molar-refractivity contribution in [2.24, 2.45) is 5.73 Å². The minimum absolute atomic E-state index is 0.0420. The summed E-state index contributed by atoms with van der Waals surface area (Å²) in [6, 6.07) is 5.16. The Labute approximate surface area is 114 Å². The lowest BCUT2D eigenvalue weighted by molar-refractivity contribution is 0.0832. The van der Waals surface area contributed by atoms with E-state index in [1.165, 1.54) is 0 Å². The van der Waals surface area contributed by atoms with Gasteiger partial charge < -0.3 is 10.5 Å². The van der Waals surface area contributed by atoms with Gasteiger partial charge in [0.1, 0.15) is 0 Å². The van der Waals surface area contributed by atoms with Crippen molar-refractivity contribution in [3.63, 3.8) is 0 Å². The number of nitrogens with two attached hydrogens (primary N) is 1. The molecule has 0 aliphatic carbocycles. The molecule has 1 fully saturated rings. The van der Waals surface area contributed by atoms with Crippen LogP contribution in [0, 0.1) is 6.92 Å². The van der Waals surface area contributed by atoms with E-state index in [-0.39, 0.29) is 6.04 Å². The van der Waals surface area contributed by atoms with Gasteiger partial charge in [0, 0.05) is 25.8 Å². The molecule has 2 rings (SSSR count). The third kappa shape index (κ3) is 3.33. The number of rotatable bonds is 4. The van der Waals surface area contributed by atoms with E-state index in [0.29, 0.717) is 24.7 Å². The SMILES string of the molecule is Cc1c(CN)cccc1S(=O)(=O)NC1CCOCC1.